The fourth-order valence-corrected chi connectivity index (χ4v) is 4.53. The van der Waals surface area contributed by atoms with Gasteiger partial charge in [-0.25, -0.2) is 4.98 Å². The molecule has 150 valence electrons. The van der Waals surface area contributed by atoms with Crippen molar-refractivity contribution in [1.29, 1.82) is 0 Å². The Labute approximate surface area is 178 Å². The van der Waals surface area contributed by atoms with Crippen LogP contribution in [0, 0.1) is 0 Å². The molecule has 0 atom stereocenters. The molecule has 1 aromatic heterocycles. The number of carbonyl (C=O) groups excluding carboxylic acids is 1. The molecule has 5 nitrogen and oxygen atoms in total. The minimum absolute atomic E-state index is 0.0291. The summed E-state index contributed by atoms with van der Waals surface area (Å²) >= 11 is 4.78. The zero-order chi connectivity index (χ0) is 19.9. The second-order valence-electron chi connectivity index (χ2n) is 7.01. The summed E-state index contributed by atoms with van der Waals surface area (Å²) in [6, 6.07) is 5.55. The maximum absolute atomic E-state index is 13.2. The van der Waals surface area contributed by atoms with Gasteiger partial charge in [0.05, 0.1) is 16.7 Å². The zero-order valence-electron chi connectivity index (χ0n) is 16.2. The van der Waals surface area contributed by atoms with Crippen LogP contribution in [-0.4, -0.2) is 27.8 Å². The van der Waals surface area contributed by atoms with Crippen LogP contribution in [0.3, 0.4) is 0 Å². The molecule has 0 aliphatic heterocycles. The maximum atomic E-state index is 13.2. The topological polar surface area (TPSA) is 64.0 Å². The third kappa shape index (κ3) is 5.47. The number of nitrogens with zero attached hydrogens (tertiary/aromatic N) is 2. The molecule has 1 amide bonds. The molecule has 1 N–H and O–H groups in total. The summed E-state index contributed by atoms with van der Waals surface area (Å²) in [4.78, 5) is 29.9. The first-order valence-corrected chi connectivity index (χ1v) is 11.6. The Morgan fingerprint density at radius 2 is 2.21 bits per heavy atom. The zero-order valence-corrected chi connectivity index (χ0v) is 18.6. The molecule has 1 aromatic carbocycles. The van der Waals surface area contributed by atoms with Crippen molar-refractivity contribution in [3.63, 3.8) is 0 Å². The summed E-state index contributed by atoms with van der Waals surface area (Å²) in [7, 11) is 0. The van der Waals surface area contributed by atoms with Crippen molar-refractivity contribution in [2.45, 2.75) is 57.1 Å². The number of amides is 1. The molecule has 0 radical (unpaired) electrons. The molecule has 0 saturated carbocycles. The first kappa shape index (κ1) is 21.1. The Morgan fingerprint density at radius 1 is 1.36 bits per heavy atom. The van der Waals surface area contributed by atoms with Crippen molar-refractivity contribution in [2.24, 2.45) is 0 Å². The Hall–Kier alpha value is -1.60. The van der Waals surface area contributed by atoms with Crippen LogP contribution in [0.4, 0.5) is 0 Å². The summed E-state index contributed by atoms with van der Waals surface area (Å²) in [5.74, 6) is 0.232. The molecule has 28 heavy (non-hydrogen) atoms. The highest BCUT2D eigenvalue weighted by Crippen LogP contribution is 2.24. The number of fused-ring (bicyclic) bond motifs is 1. The normalized spacial score (nSPS) is 14.1. The SMILES string of the molecule is CCCNC(=O)CSc1nc2ccc(Br)cc2c(=O)n1CCC1=CCCCC1. The van der Waals surface area contributed by atoms with Crippen molar-refractivity contribution in [1.82, 2.24) is 14.9 Å². The summed E-state index contributed by atoms with van der Waals surface area (Å²) in [6.45, 7) is 3.28. The third-order valence-corrected chi connectivity index (χ3v) is 6.30. The summed E-state index contributed by atoms with van der Waals surface area (Å²) in [5, 5.41) is 4.09. The lowest BCUT2D eigenvalue weighted by Gasteiger charge is -2.16. The smallest absolute Gasteiger partial charge is 0.262 e. The van der Waals surface area contributed by atoms with E-state index in [0.717, 1.165) is 30.2 Å². The molecule has 0 unspecified atom stereocenters. The van der Waals surface area contributed by atoms with Gasteiger partial charge in [-0.15, -0.1) is 0 Å². The van der Waals surface area contributed by atoms with Gasteiger partial charge in [-0.1, -0.05) is 46.3 Å². The van der Waals surface area contributed by atoms with Gasteiger partial charge in [0.25, 0.3) is 5.56 Å². The van der Waals surface area contributed by atoms with Crippen LogP contribution in [-0.2, 0) is 11.3 Å². The lowest BCUT2D eigenvalue weighted by atomic mass is 9.97. The number of carbonyl (C=O) groups is 1. The van der Waals surface area contributed by atoms with Gasteiger partial charge in [0.1, 0.15) is 0 Å². The van der Waals surface area contributed by atoms with Crippen molar-refractivity contribution in [2.75, 3.05) is 12.3 Å². The largest absolute Gasteiger partial charge is 0.355 e. The van der Waals surface area contributed by atoms with E-state index in [9.17, 15) is 9.59 Å². The van der Waals surface area contributed by atoms with Gasteiger partial charge in [-0.2, -0.15) is 0 Å². The molecule has 1 aliphatic carbocycles. The molecule has 1 aliphatic rings. The number of thioether (sulfide) groups is 1. The summed E-state index contributed by atoms with van der Waals surface area (Å²) in [5.41, 5.74) is 2.04. The monoisotopic (exact) mass is 463 g/mol. The average Bonchev–Trinajstić information content (AvgIpc) is 2.71. The predicted molar refractivity (Wildman–Crippen MR) is 119 cm³/mol. The number of halogens is 1. The number of rotatable bonds is 8. The van der Waals surface area contributed by atoms with E-state index in [2.05, 4.69) is 27.3 Å². The number of hydrogen-bond acceptors (Lipinski definition) is 4. The van der Waals surface area contributed by atoms with E-state index >= 15 is 0 Å². The molecular weight excluding hydrogens is 438 g/mol. The van der Waals surface area contributed by atoms with Crippen LogP contribution in [0.1, 0.15) is 45.4 Å². The van der Waals surface area contributed by atoms with Gasteiger partial charge in [0.2, 0.25) is 5.91 Å². The maximum Gasteiger partial charge on any atom is 0.262 e. The minimum atomic E-state index is -0.0424. The van der Waals surface area contributed by atoms with E-state index in [4.69, 9.17) is 4.98 Å². The highest BCUT2D eigenvalue weighted by molar-refractivity contribution is 9.10. The lowest BCUT2D eigenvalue weighted by molar-refractivity contribution is -0.118. The highest BCUT2D eigenvalue weighted by Gasteiger charge is 2.14. The Kier molecular flexibility index (Phi) is 7.73. The van der Waals surface area contributed by atoms with Crippen molar-refractivity contribution >= 4 is 44.5 Å². The van der Waals surface area contributed by atoms with E-state index in [0.29, 0.717) is 29.1 Å². The molecule has 2 aromatic rings. The van der Waals surface area contributed by atoms with Crippen LogP contribution >= 0.6 is 27.7 Å². The molecule has 3 rings (SSSR count). The number of benzene rings is 1. The molecule has 0 saturated heterocycles. The van der Waals surface area contributed by atoms with E-state index < -0.39 is 0 Å². The van der Waals surface area contributed by atoms with E-state index in [1.54, 1.807) is 4.57 Å². The van der Waals surface area contributed by atoms with Crippen molar-refractivity contribution in [3.8, 4) is 0 Å². The van der Waals surface area contributed by atoms with Crippen LogP contribution in [0.15, 0.2) is 44.3 Å². The van der Waals surface area contributed by atoms with Gasteiger partial charge in [-0.05, 0) is 56.7 Å². The Morgan fingerprint density at radius 3 is 2.96 bits per heavy atom. The quantitative estimate of drug-likeness (QED) is 0.351. The van der Waals surface area contributed by atoms with E-state index in [1.165, 1.54) is 30.2 Å². The van der Waals surface area contributed by atoms with Gasteiger partial charge in [-0.3, -0.25) is 14.2 Å². The standard InChI is InChI=1S/C21H26BrN3O2S/c1-2-11-23-19(26)14-28-21-24-18-9-8-16(22)13-17(18)20(27)25(21)12-10-15-6-4-3-5-7-15/h6,8-9,13H,2-5,7,10-12,14H2,1H3,(H,23,26). The van der Waals surface area contributed by atoms with Crippen molar-refractivity contribution < 1.29 is 4.79 Å². The second-order valence-corrected chi connectivity index (χ2v) is 8.87. The number of allylic oxidation sites excluding steroid dienone is 2. The van der Waals surface area contributed by atoms with Crippen LogP contribution < -0.4 is 10.9 Å². The van der Waals surface area contributed by atoms with Gasteiger partial charge < -0.3 is 5.32 Å². The Bertz CT molecular complexity index is 939. The first-order chi connectivity index (χ1) is 13.6. The third-order valence-electron chi connectivity index (χ3n) is 4.83. The van der Waals surface area contributed by atoms with Gasteiger partial charge in [0, 0.05) is 17.6 Å². The lowest BCUT2D eigenvalue weighted by Crippen LogP contribution is -2.27. The summed E-state index contributed by atoms with van der Waals surface area (Å²) < 4.78 is 2.60. The predicted octanol–water partition coefficient (Wildman–Crippen LogP) is 4.67. The summed E-state index contributed by atoms with van der Waals surface area (Å²) in [6.07, 6.45) is 8.79. The number of aromatic nitrogens is 2. The van der Waals surface area contributed by atoms with Gasteiger partial charge >= 0.3 is 0 Å². The van der Waals surface area contributed by atoms with Crippen LogP contribution in [0.5, 0.6) is 0 Å². The molecule has 0 bridgehead atoms. The number of nitrogens with one attached hydrogen (secondary N) is 1. The first-order valence-electron chi connectivity index (χ1n) is 9.86. The van der Waals surface area contributed by atoms with Crippen LogP contribution in [0.2, 0.25) is 0 Å². The Balaban J connectivity index is 1.87. The molecular formula is C21H26BrN3O2S. The molecule has 1 heterocycles. The van der Waals surface area contributed by atoms with Crippen LogP contribution in [0.25, 0.3) is 10.9 Å². The molecule has 0 spiro atoms. The van der Waals surface area contributed by atoms with Gasteiger partial charge in [0.15, 0.2) is 5.16 Å². The fraction of sp³-hybridized carbons (Fsp3) is 0.476. The van der Waals surface area contributed by atoms with E-state index in [-0.39, 0.29) is 17.2 Å². The highest BCUT2D eigenvalue weighted by atomic mass is 79.9. The average molecular weight is 464 g/mol. The fourth-order valence-electron chi connectivity index (χ4n) is 3.31. The minimum Gasteiger partial charge on any atom is -0.355 e. The van der Waals surface area contributed by atoms with Crippen molar-refractivity contribution in [3.05, 3.63) is 44.7 Å². The van der Waals surface area contributed by atoms with E-state index in [1.807, 2.05) is 25.1 Å². The second kappa shape index (κ2) is 10.3. The number of hydrogen-bond donors (Lipinski definition) is 1. The molecule has 7 heteroatoms. The molecule has 0 fully saturated rings.